The SMILES string of the molecule is N#Cc1c(F)cccc1OCc1ccc(Cl)c(N)c1. The van der Waals surface area contributed by atoms with E-state index in [0.29, 0.717) is 10.7 Å². The molecule has 0 amide bonds. The standard InChI is InChI=1S/C14H10ClFN2O/c15-11-5-4-9(6-13(11)18)8-19-14-3-1-2-12(16)10(14)7-17/h1-6H,8,18H2. The van der Waals surface area contributed by atoms with Gasteiger partial charge in [-0.25, -0.2) is 4.39 Å². The minimum absolute atomic E-state index is 0.107. The second-order valence-electron chi connectivity index (χ2n) is 3.87. The van der Waals surface area contributed by atoms with E-state index in [9.17, 15) is 4.39 Å². The van der Waals surface area contributed by atoms with Crippen molar-refractivity contribution >= 4 is 17.3 Å². The van der Waals surface area contributed by atoms with Crippen molar-refractivity contribution in [1.82, 2.24) is 0 Å². The third-order valence-corrected chi connectivity index (χ3v) is 2.89. The van der Waals surface area contributed by atoms with Gasteiger partial charge >= 0.3 is 0 Å². The Morgan fingerprint density at radius 3 is 2.79 bits per heavy atom. The highest BCUT2D eigenvalue weighted by Crippen LogP contribution is 2.23. The predicted molar refractivity (Wildman–Crippen MR) is 71.3 cm³/mol. The lowest BCUT2D eigenvalue weighted by Gasteiger charge is -2.09. The van der Waals surface area contributed by atoms with Gasteiger partial charge in [0.25, 0.3) is 0 Å². The topological polar surface area (TPSA) is 59.0 Å². The first kappa shape index (κ1) is 13.2. The molecule has 5 heteroatoms. The number of benzene rings is 2. The third kappa shape index (κ3) is 2.95. The molecular weight excluding hydrogens is 267 g/mol. The zero-order chi connectivity index (χ0) is 13.8. The number of rotatable bonds is 3. The summed E-state index contributed by atoms with van der Waals surface area (Å²) in [6, 6.07) is 11.1. The van der Waals surface area contributed by atoms with Crippen molar-refractivity contribution in [2.45, 2.75) is 6.61 Å². The maximum atomic E-state index is 13.4. The average Bonchev–Trinajstić information content (AvgIpc) is 2.40. The summed E-state index contributed by atoms with van der Waals surface area (Å²) < 4.78 is 18.8. The molecule has 0 aliphatic carbocycles. The molecule has 0 aromatic heterocycles. The minimum atomic E-state index is -0.601. The van der Waals surface area contributed by atoms with E-state index < -0.39 is 5.82 Å². The predicted octanol–water partition coefficient (Wildman–Crippen LogP) is 3.51. The smallest absolute Gasteiger partial charge is 0.144 e. The van der Waals surface area contributed by atoms with Crippen molar-refractivity contribution in [3.05, 3.63) is 58.4 Å². The van der Waals surface area contributed by atoms with Gasteiger partial charge in [-0.2, -0.15) is 5.26 Å². The number of nitrogens with zero attached hydrogens (tertiary/aromatic N) is 1. The normalized spacial score (nSPS) is 9.95. The average molecular weight is 277 g/mol. The second kappa shape index (κ2) is 5.59. The lowest BCUT2D eigenvalue weighted by molar-refractivity contribution is 0.303. The van der Waals surface area contributed by atoms with Crippen LogP contribution in [0.2, 0.25) is 5.02 Å². The highest BCUT2D eigenvalue weighted by atomic mass is 35.5. The van der Waals surface area contributed by atoms with Gasteiger partial charge in [0.2, 0.25) is 0 Å². The van der Waals surface area contributed by atoms with Gasteiger partial charge in [-0.3, -0.25) is 0 Å². The summed E-state index contributed by atoms with van der Waals surface area (Å²) in [6.07, 6.45) is 0. The summed E-state index contributed by atoms with van der Waals surface area (Å²) in [6.45, 7) is 0.180. The highest BCUT2D eigenvalue weighted by molar-refractivity contribution is 6.33. The van der Waals surface area contributed by atoms with E-state index in [1.807, 2.05) is 0 Å². The molecule has 0 fully saturated rings. The number of hydrogen-bond acceptors (Lipinski definition) is 3. The minimum Gasteiger partial charge on any atom is -0.487 e. The number of anilines is 1. The van der Waals surface area contributed by atoms with Gasteiger partial charge in [0, 0.05) is 0 Å². The molecule has 0 spiro atoms. The molecule has 0 atom stereocenters. The van der Waals surface area contributed by atoms with E-state index in [0.717, 1.165) is 5.56 Å². The Morgan fingerprint density at radius 2 is 2.11 bits per heavy atom. The molecule has 2 N–H and O–H groups in total. The largest absolute Gasteiger partial charge is 0.487 e. The summed E-state index contributed by atoms with van der Waals surface area (Å²) in [5.74, 6) is -0.397. The summed E-state index contributed by atoms with van der Waals surface area (Å²) in [7, 11) is 0. The maximum absolute atomic E-state index is 13.4. The molecule has 0 saturated carbocycles. The fourth-order valence-electron chi connectivity index (χ4n) is 1.58. The Morgan fingerprint density at radius 1 is 1.32 bits per heavy atom. The highest BCUT2D eigenvalue weighted by Gasteiger charge is 2.09. The van der Waals surface area contributed by atoms with Crippen LogP contribution in [0.1, 0.15) is 11.1 Å². The van der Waals surface area contributed by atoms with E-state index in [4.69, 9.17) is 27.3 Å². The number of halogens is 2. The van der Waals surface area contributed by atoms with Crippen molar-refractivity contribution in [3.8, 4) is 11.8 Å². The molecule has 0 saturated heterocycles. The molecule has 96 valence electrons. The summed E-state index contributed by atoms with van der Waals surface area (Å²) in [5.41, 5.74) is 6.80. The zero-order valence-corrected chi connectivity index (χ0v) is 10.6. The van der Waals surface area contributed by atoms with Crippen molar-refractivity contribution in [2.75, 3.05) is 5.73 Å². The van der Waals surface area contributed by atoms with Gasteiger partial charge in [-0.1, -0.05) is 23.7 Å². The van der Waals surface area contributed by atoms with Crippen LogP contribution in [0.5, 0.6) is 5.75 Å². The third-order valence-electron chi connectivity index (χ3n) is 2.54. The van der Waals surface area contributed by atoms with Gasteiger partial charge < -0.3 is 10.5 Å². The Balaban J connectivity index is 2.17. The molecule has 2 aromatic carbocycles. The number of ether oxygens (including phenoxy) is 1. The van der Waals surface area contributed by atoms with Crippen LogP contribution in [0, 0.1) is 17.1 Å². The number of hydrogen-bond donors (Lipinski definition) is 1. The van der Waals surface area contributed by atoms with Crippen LogP contribution in [0.25, 0.3) is 0 Å². The van der Waals surface area contributed by atoms with Gasteiger partial charge in [0.15, 0.2) is 0 Å². The first-order valence-electron chi connectivity index (χ1n) is 5.47. The van der Waals surface area contributed by atoms with Crippen LogP contribution >= 0.6 is 11.6 Å². The Kier molecular flexibility index (Phi) is 3.88. The van der Waals surface area contributed by atoms with Crippen molar-refractivity contribution < 1.29 is 9.13 Å². The van der Waals surface area contributed by atoms with Crippen molar-refractivity contribution in [3.63, 3.8) is 0 Å². The Hall–Kier alpha value is -2.25. The molecule has 0 heterocycles. The summed E-state index contributed by atoms with van der Waals surface area (Å²) >= 11 is 5.81. The molecule has 2 rings (SSSR count). The lowest BCUT2D eigenvalue weighted by Crippen LogP contribution is -1.99. The van der Waals surface area contributed by atoms with Crippen molar-refractivity contribution in [2.24, 2.45) is 0 Å². The number of nitrogen functional groups attached to an aromatic ring is 1. The summed E-state index contributed by atoms with van der Waals surface area (Å²) in [4.78, 5) is 0. The number of nitrogens with two attached hydrogens (primary N) is 1. The van der Waals surface area contributed by atoms with Crippen LogP contribution in [-0.4, -0.2) is 0 Å². The quantitative estimate of drug-likeness (QED) is 0.873. The molecule has 0 bridgehead atoms. The van der Waals surface area contributed by atoms with E-state index >= 15 is 0 Å². The first-order valence-corrected chi connectivity index (χ1v) is 5.85. The first-order chi connectivity index (χ1) is 9.11. The monoisotopic (exact) mass is 276 g/mol. The molecule has 19 heavy (non-hydrogen) atoms. The van der Waals surface area contributed by atoms with Gasteiger partial charge in [0.1, 0.15) is 29.8 Å². The molecule has 0 unspecified atom stereocenters. The van der Waals surface area contributed by atoms with E-state index in [1.54, 1.807) is 30.3 Å². The molecular formula is C14H10ClFN2O. The molecule has 0 radical (unpaired) electrons. The maximum Gasteiger partial charge on any atom is 0.144 e. The molecule has 2 aromatic rings. The molecule has 0 aliphatic rings. The van der Waals surface area contributed by atoms with Crippen LogP contribution in [0.15, 0.2) is 36.4 Å². The van der Waals surface area contributed by atoms with Crippen LogP contribution < -0.4 is 10.5 Å². The lowest BCUT2D eigenvalue weighted by atomic mass is 10.2. The van der Waals surface area contributed by atoms with E-state index in [1.165, 1.54) is 12.1 Å². The molecule has 3 nitrogen and oxygen atoms in total. The van der Waals surface area contributed by atoms with E-state index in [-0.39, 0.29) is 17.9 Å². The van der Waals surface area contributed by atoms with Gasteiger partial charge in [0.05, 0.1) is 10.7 Å². The van der Waals surface area contributed by atoms with Gasteiger partial charge in [-0.15, -0.1) is 0 Å². The van der Waals surface area contributed by atoms with E-state index in [2.05, 4.69) is 0 Å². The Bertz CT molecular complexity index is 652. The molecule has 0 aliphatic heterocycles. The second-order valence-corrected chi connectivity index (χ2v) is 4.28. The Labute approximate surface area is 115 Å². The zero-order valence-electron chi connectivity index (χ0n) is 9.86. The van der Waals surface area contributed by atoms with Gasteiger partial charge in [-0.05, 0) is 29.8 Å². The van der Waals surface area contributed by atoms with Crippen molar-refractivity contribution in [1.29, 1.82) is 5.26 Å². The van der Waals surface area contributed by atoms with Crippen LogP contribution in [0.4, 0.5) is 10.1 Å². The fraction of sp³-hybridized carbons (Fsp3) is 0.0714. The fourth-order valence-corrected chi connectivity index (χ4v) is 1.69. The van der Waals surface area contributed by atoms with Crippen LogP contribution in [-0.2, 0) is 6.61 Å². The number of nitriles is 1. The summed E-state index contributed by atoms with van der Waals surface area (Å²) in [5, 5.41) is 9.33. The van der Waals surface area contributed by atoms with Crippen LogP contribution in [0.3, 0.4) is 0 Å².